The first kappa shape index (κ1) is 13.6. The van der Waals surface area contributed by atoms with E-state index in [2.05, 4.69) is 48.5 Å². The molecule has 18 heavy (non-hydrogen) atoms. The Bertz CT molecular complexity index is 354. The first-order valence-electron chi connectivity index (χ1n) is 7.19. The molecule has 100 valence electrons. The maximum absolute atomic E-state index is 3.62. The first-order valence-corrected chi connectivity index (χ1v) is 7.19. The van der Waals surface area contributed by atoms with Crippen LogP contribution in [0.5, 0.6) is 0 Å². The molecule has 1 aromatic carbocycles. The van der Waals surface area contributed by atoms with E-state index < -0.39 is 0 Å². The van der Waals surface area contributed by atoms with Crippen LogP contribution < -0.4 is 5.32 Å². The molecule has 1 aromatic rings. The Kier molecular flexibility index (Phi) is 5.21. The van der Waals surface area contributed by atoms with Crippen molar-refractivity contribution in [2.45, 2.75) is 26.2 Å². The van der Waals surface area contributed by atoms with Crippen molar-refractivity contribution in [3.63, 3.8) is 0 Å². The van der Waals surface area contributed by atoms with Crippen LogP contribution in [0.4, 0.5) is 0 Å². The van der Waals surface area contributed by atoms with E-state index in [4.69, 9.17) is 0 Å². The fourth-order valence-electron chi connectivity index (χ4n) is 2.67. The van der Waals surface area contributed by atoms with Gasteiger partial charge in [-0.1, -0.05) is 29.8 Å². The SMILES string of the molecule is Cc1cccc(CCNCC2CCN(C)CC2)c1. The van der Waals surface area contributed by atoms with Crippen LogP contribution in [-0.4, -0.2) is 38.1 Å². The summed E-state index contributed by atoms with van der Waals surface area (Å²) >= 11 is 0. The summed E-state index contributed by atoms with van der Waals surface area (Å²) in [5.41, 5.74) is 2.81. The molecule has 0 saturated carbocycles. The molecule has 0 radical (unpaired) electrons. The van der Waals surface area contributed by atoms with Crippen LogP contribution in [0.1, 0.15) is 24.0 Å². The number of likely N-dealkylation sites (tertiary alicyclic amines) is 1. The van der Waals surface area contributed by atoms with Crippen LogP contribution in [0, 0.1) is 12.8 Å². The molecule has 0 aromatic heterocycles. The molecule has 2 heteroatoms. The van der Waals surface area contributed by atoms with Crippen LogP contribution in [0.2, 0.25) is 0 Å². The van der Waals surface area contributed by atoms with Gasteiger partial charge >= 0.3 is 0 Å². The van der Waals surface area contributed by atoms with Gasteiger partial charge < -0.3 is 10.2 Å². The number of hydrogen-bond donors (Lipinski definition) is 1. The monoisotopic (exact) mass is 246 g/mol. The lowest BCUT2D eigenvalue weighted by Gasteiger charge is -2.29. The van der Waals surface area contributed by atoms with Crippen molar-refractivity contribution in [2.75, 3.05) is 33.2 Å². The molecule has 0 spiro atoms. The maximum atomic E-state index is 3.62. The highest BCUT2D eigenvalue weighted by Gasteiger charge is 2.15. The Labute approximate surface area is 111 Å². The van der Waals surface area contributed by atoms with Gasteiger partial charge in [-0.2, -0.15) is 0 Å². The van der Waals surface area contributed by atoms with E-state index in [1.807, 2.05) is 0 Å². The van der Waals surface area contributed by atoms with Gasteiger partial charge in [0.25, 0.3) is 0 Å². The van der Waals surface area contributed by atoms with Gasteiger partial charge in [0.15, 0.2) is 0 Å². The van der Waals surface area contributed by atoms with E-state index in [9.17, 15) is 0 Å². The van der Waals surface area contributed by atoms with Gasteiger partial charge in [-0.15, -0.1) is 0 Å². The van der Waals surface area contributed by atoms with Gasteiger partial charge in [0.2, 0.25) is 0 Å². The van der Waals surface area contributed by atoms with E-state index in [-0.39, 0.29) is 0 Å². The summed E-state index contributed by atoms with van der Waals surface area (Å²) in [7, 11) is 2.22. The maximum Gasteiger partial charge on any atom is -0.000823 e. The molecule has 2 nitrogen and oxygen atoms in total. The molecule has 0 atom stereocenters. The zero-order valence-corrected chi connectivity index (χ0v) is 11.8. The highest BCUT2D eigenvalue weighted by atomic mass is 15.1. The molecule has 0 unspecified atom stereocenters. The molecule has 1 aliphatic rings. The molecule has 1 fully saturated rings. The minimum absolute atomic E-state index is 0.888. The third-order valence-corrected chi connectivity index (χ3v) is 3.94. The van der Waals surface area contributed by atoms with E-state index >= 15 is 0 Å². The number of piperidine rings is 1. The first-order chi connectivity index (χ1) is 8.74. The molecule has 1 saturated heterocycles. The second-order valence-electron chi connectivity index (χ2n) is 5.69. The number of aryl methyl sites for hydroxylation is 1. The summed E-state index contributed by atoms with van der Waals surface area (Å²) in [5.74, 6) is 0.888. The van der Waals surface area contributed by atoms with Crippen molar-refractivity contribution < 1.29 is 0 Å². The number of hydrogen-bond acceptors (Lipinski definition) is 2. The van der Waals surface area contributed by atoms with Crippen LogP contribution >= 0.6 is 0 Å². The van der Waals surface area contributed by atoms with E-state index in [0.717, 1.165) is 18.9 Å². The van der Waals surface area contributed by atoms with Crippen molar-refractivity contribution in [3.05, 3.63) is 35.4 Å². The van der Waals surface area contributed by atoms with Crippen LogP contribution in [-0.2, 0) is 6.42 Å². The van der Waals surface area contributed by atoms with E-state index in [1.165, 1.54) is 43.6 Å². The average Bonchev–Trinajstić information content (AvgIpc) is 2.37. The van der Waals surface area contributed by atoms with Gasteiger partial charge in [0, 0.05) is 0 Å². The highest BCUT2D eigenvalue weighted by molar-refractivity contribution is 5.22. The molecule has 1 aliphatic heterocycles. The van der Waals surface area contributed by atoms with Crippen molar-refractivity contribution in [3.8, 4) is 0 Å². The molecular formula is C16H26N2. The van der Waals surface area contributed by atoms with Gasteiger partial charge in [0.1, 0.15) is 0 Å². The Balaban J connectivity index is 1.61. The van der Waals surface area contributed by atoms with Crippen molar-refractivity contribution in [1.82, 2.24) is 10.2 Å². The summed E-state index contributed by atoms with van der Waals surface area (Å²) in [6.07, 6.45) is 3.86. The predicted octanol–water partition coefficient (Wildman–Crippen LogP) is 2.47. The number of benzene rings is 1. The fourth-order valence-corrected chi connectivity index (χ4v) is 2.67. The average molecular weight is 246 g/mol. The Morgan fingerprint density at radius 1 is 1.28 bits per heavy atom. The molecule has 0 bridgehead atoms. The lowest BCUT2D eigenvalue weighted by molar-refractivity contribution is 0.216. The zero-order chi connectivity index (χ0) is 12.8. The number of nitrogens with zero attached hydrogens (tertiary/aromatic N) is 1. The number of nitrogens with one attached hydrogen (secondary N) is 1. The quantitative estimate of drug-likeness (QED) is 0.803. The topological polar surface area (TPSA) is 15.3 Å². The van der Waals surface area contributed by atoms with E-state index in [1.54, 1.807) is 0 Å². The Morgan fingerprint density at radius 3 is 2.78 bits per heavy atom. The van der Waals surface area contributed by atoms with Crippen LogP contribution in [0.15, 0.2) is 24.3 Å². The Hall–Kier alpha value is -0.860. The Morgan fingerprint density at radius 2 is 2.06 bits per heavy atom. The standard InChI is InChI=1S/C16H26N2/c1-14-4-3-5-15(12-14)6-9-17-13-16-7-10-18(2)11-8-16/h3-5,12,16-17H,6-11,13H2,1-2H3. The zero-order valence-electron chi connectivity index (χ0n) is 11.8. The predicted molar refractivity (Wildman–Crippen MR) is 78.0 cm³/mol. The lowest BCUT2D eigenvalue weighted by Crippen LogP contribution is -2.35. The number of rotatable bonds is 5. The normalized spacial score (nSPS) is 18.1. The summed E-state index contributed by atoms with van der Waals surface area (Å²) in [6, 6.07) is 8.83. The molecule has 0 amide bonds. The molecule has 1 N–H and O–H groups in total. The largest absolute Gasteiger partial charge is 0.316 e. The molecule has 1 heterocycles. The summed E-state index contributed by atoms with van der Waals surface area (Å²) < 4.78 is 0. The molecule has 0 aliphatic carbocycles. The molecular weight excluding hydrogens is 220 g/mol. The third-order valence-electron chi connectivity index (χ3n) is 3.94. The van der Waals surface area contributed by atoms with Gasteiger partial charge in [0.05, 0.1) is 0 Å². The van der Waals surface area contributed by atoms with Gasteiger partial charge in [-0.05, 0) is 70.9 Å². The van der Waals surface area contributed by atoms with Crippen molar-refractivity contribution >= 4 is 0 Å². The van der Waals surface area contributed by atoms with Crippen LogP contribution in [0.3, 0.4) is 0 Å². The summed E-state index contributed by atoms with van der Waals surface area (Å²) in [4.78, 5) is 2.43. The second-order valence-corrected chi connectivity index (χ2v) is 5.69. The smallest absolute Gasteiger partial charge is 0.000823 e. The lowest BCUT2D eigenvalue weighted by atomic mass is 9.97. The third kappa shape index (κ3) is 4.43. The molecule has 2 rings (SSSR count). The van der Waals surface area contributed by atoms with Crippen LogP contribution in [0.25, 0.3) is 0 Å². The minimum atomic E-state index is 0.888. The van der Waals surface area contributed by atoms with Crippen molar-refractivity contribution in [1.29, 1.82) is 0 Å². The summed E-state index contributed by atoms with van der Waals surface area (Å²) in [5, 5.41) is 3.62. The van der Waals surface area contributed by atoms with Crippen molar-refractivity contribution in [2.24, 2.45) is 5.92 Å². The minimum Gasteiger partial charge on any atom is -0.316 e. The fraction of sp³-hybridized carbons (Fsp3) is 0.625. The van der Waals surface area contributed by atoms with Gasteiger partial charge in [-0.3, -0.25) is 0 Å². The van der Waals surface area contributed by atoms with Gasteiger partial charge in [-0.25, -0.2) is 0 Å². The second kappa shape index (κ2) is 6.91. The highest BCUT2D eigenvalue weighted by Crippen LogP contribution is 2.14. The van der Waals surface area contributed by atoms with E-state index in [0.29, 0.717) is 0 Å². The summed E-state index contributed by atoms with van der Waals surface area (Å²) in [6.45, 7) is 7.00.